The Morgan fingerprint density at radius 2 is 1.77 bits per heavy atom. The van der Waals surface area contributed by atoms with Crippen LogP contribution in [0.1, 0.15) is 60.2 Å². The number of hydrogen-bond donors (Lipinski definition) is 0. The Bertz CT molecular complexity index is 1420. The van der Waals surface area contributed by atoms with Gasteiger partial charge in [0.05, 0.1) is 45.9 Å². The van der Waals surface area contributed by atoms with Crippen molar-refractivity contribution in [3.8, 4) is 28.8 Å². The molecule has 1 atom stereocenters. The standard InChI is InChI=1S/C31H38N2O7/c1-31(2,3)21-16-20-17-22(40-15-11-14-36-4)28(38-6)32-25(20)26-23(21)27(37-5)24(30(35)39-7)29(34)33(26)18-19-12-9-8-10-13-19/h8-10,12-13,17,21H,11,14-16,18H2,1-7H3. The molecular formula is C31H38N2O7. The first kappa shape index (κ1) is 29.1. The Morgan fingerprint density at radius 3 is 2.38 bits per heavy atom. The molecule has 214 valence electrons. The van der Waals surface area contributed by atoms with Gasteiger partial charge >= 0.3 is 5.97 Å². The van der Waals surface area contributed by atoms with E-state index in [-0.39, 0.29) is 29.2 Å². The van der Waals surface area contributed by atoms with Gasteiger partial charge in [-0.2, -0.15) is 0 Å². The lowest BCUT2D eigenvalue weighted by Gasteiger charge is -2.38. The first-order chi connectivity index (χ1) is 19.2. The number of carbonyl (C=O) groups excluding carboxylic acids is 1. The van der Waals surface area contributed by atoms with Crippen LogP contribution in [0.3, 0.4) is 0 Å². The second-order valence-corrected chi connectivity index (χ2v) is 10.9. The molecule has 0 saturated carbocycles. The molecule has 3 aromatic rings. The minimum Gasteiger partial charge on any atom is -0.495 e. The third kappa shape index (κ3) is 5.56. The second-order valence-electron chi connectivity index (χ2n) is 10.9. The SMILES string of the molecule is COCCCOc1cc2c(nc1OC)-c1c(c(OC)c(C(=O)OC)c(=O)n1Cc1ccccc1)C(C(C)(C)C)C2. The highest BCUT2D eigenvalue weighted by atomic mass is 16.5. The van der Waals surface area contributed by atoms with Gasteiger partial charge in [0.25, 0.3) is 11.4 Å². The highest BCUT2D eigenvalue weighted by Gasteiger charge is 2.41. The molecule has 0 bridgehead atoms. The number of esters is 1. The molecule has 0 radical (unpaired) electrons. The molecular weight excluding hydrogens is 512 g/mol. The highest BCUT2D eigenvalue weighted by Crippen LogP contribution is 2.52. The molecule has 0 amide bonds. The molecule has 0 N–H and O–H groups in total. The van der Waals surface area contributed by atoms with Crippen molar-refractivity contribution in [3.63, 3.8) is 0 Å². The van der Waals surface area contributed by atoms with Gasteiger partial charge < -0.3 is 28.3 Å². The van der Waals surface area contributed by atoms with Gasteiger partial charge in [0.2, 0.25) is 0 Å². The molecule has 1 aliphatic rings. The summed E-state index contributed by atoms with van der Waals surface area (Å²) in [6, 6.07) is 11.6. The van der Waals surface area contributed by atoms with E-state index in [4.69, 9.17) is 28.7 Å². The summed E-state index contributed by atoms with van der Waals surface area (Å²) in [4.78, 5) is 32.0. The molecule has 0 aliphatic heterocycles. The Morgan fingerprint density at radius 1 is 1.05 bits per heavy atom. The van der Waals surface area contributed by atoms with E-state index in [0.29, 0.717) is 49.1 Å². The number of hydrogen-bond acceptors (Lipinski definition) is 8. The van der Waals surface area contributed by atoms with Crippen LogP contribution in [-0.4, -0.2) is 57.2 Å². The third-order valence-electron chi connectivity index (χ3n) is 7.25. The van der Waals surface area contributed by atoms with Crippen LogP contribution in [0, 0.1) is 5.41 Å². The molecule has 2 heterocycles. The van der Waals surface area contributed by atoms with Gasteiger partial charge in [-0.1, -0.05) is 51.1 Å². The largest absolute Gasteiger partial charge is 0.495 e. The van der Waals surface area contributed by atoms with E-state index in [1.165, 1.54) is 21.3 Å². The fourth-order valence-corrected chi connectivity index (χ4v) is 5.28. The number of ether oxygens (including phenoxy) is 5. The van der Waals surface area contributed by atoms with Crippen LogP contribution in [0.4, 0.5) is 0 Å². The van der Waals surface area contributed by atoms with Crippen molar-refractivity contribution in [1.29, 1.82) is 0 Å². The summed E-state index contributed by atoms with van der Waals surface area (Å²) in [5.74, 6) is 0.208. The smallest absolute Gasteiger partial charge is 0.347 e. The number of nitrogens with zero attached hydrogens (tertiary/aromatic N) is 2. The third-order valence-corrected chi connectivity index (χ3v) is 7.25. The zero-order chi connectivity index (χ0) is 29.0. The average molecular weight is 551 g/mol. The molecule has 40 heavy (non-hydrogen) atoms. The second kappa shape index (κ2) is 12.1. The summed E-state index contributed by atoms with van der Waals surface area (Å²) < 4.78 is 29.3. The van der Waals surface area contributed by atoms with E-state index < -0.39 is 11.5 Å². The lowest BCUT2D eigenvalue weighted by atomic mass is 9.69. The molecule has 1 unspecified atom stereocenters. The summed E-state index contributed by atoms with van der Waals surface area (Å²) >= 11 is 0. The first-order valence-electron chi connectivity index (χ1n) is 13.3. The van der Waals surface area contributed by atoms with Crippen molar-refractivity contribution in [2.45, 2.75) is 46.1 Å². The predicted molar refractivity (Wildman–Crippen MR) is 152 cm³/mol. The van der Waals surface area contributed by atoms with Crippen molar-refractivity contribution in [3.05, 3.63) is 69.0 Å². The first-order valence-corrected chi connectivity index (χ1v) is 13.3. The maximum absolute atomic E-state index is 14.1. The number of benzene rings is 1. The fourth-order valence-electron chi connectivity index (χ4n) is 5.28. The van der Waals surface area contributed by atoms with E-state index in [1.807, 2.05) is 36.4 Å². The Kier molecular flexibility index (Phi) is 8.83. The van der Waals surface area contributed by atoms with Crippen LogP contribution in [0.2, 0.25) is 0 Å². The number of methoxy groups -OCH3 is 4. The normalized spacial score (nSPS) is 14.2. The summed E-state index contributed by atoms with van der Waals surface area (Å²) in [6.07, 6.45) is 1.31. The van der Waals surface area contributed by atoms with Crippen molar-refractivity contribution in [2.24, 2.45) is 5.41 Å². The average Bonchev–Trinajstić information content (AvgIpc) is 2.94. The maximum Gasteiger partial charge on any atom is 0.347 e. The van der Waals surface area contributed by atoms with Gasteiger partial charge in [0, 0.05) is 25.7 Å². The van der Waals surface area contributed by atoms with Crippen LogP contribution in [0.5, 0.6) is 17.4 Å². The van der Waals surface area contributed by atoms with Crippen molar-refractivity contribution in [1.82, 2.24) is 9.55 Å². The highest BCUT2D eigenvalue weighted by molar-refractivity contribution is 5.94. The monoisotopic (exact) mass is 550 g/mol. The summed E-state index contributed by atoms with van der Waals surface area (Å²) in [5.41, 5.74) is 2.88. The van der Waals surface area contributed by atoms with E-state index in [2.05, 4.69) is 20.8 Å². The summed E-state index contributed by atoms with van der Waals surface area (Å²) in [5, 5.41) is 0. The van der Waals surface area contributed by atoms with Crippen LogP contribution in [-0.2, 0) is 22.4 Å². The van der Waals surface area contributed by atoms with E-state index in [1.54, 1.807) is 11.7 Å². The lowest BCUT2D eigenvalue weighted by molar-refractivity contribution is 0.0593. The van der Waals surface area contributed by atoms with Crippen LogP contribution in [0.15, 0.2) is 41.2 Å². The molecule has 4 rings (SSSR count). The van der Waals surface area contributed by atoms with E-state index in [9.17, 15) is 9.59 Å². The molecule has 0 fully saturated rings. The maximum atomic E-state index is 14.1. The predicted octanol–water partition coefficient (Wildman–Crippen LogP) is 4.86. The van der Waals surface area contributed by atoms with Gasteiger partial charge in [0.15, 0.2) is 11.3 Å². The Labute approximate surface area is 235 Å². The van der Waals surface area contributed by atoms with Gasteiger partial charge in [0.1, 0.15) is 5.75 Å². The van der Waals surface area contributed by atoms with Gasteiger partial charge in [-0.05, 0) is 34.9 Å². The lowest BCUT2D eigenvalue weighted by Crippen LogP contribution is -2.35. The van der Waals surface area contributed by atoms with Crippen LogP contribution >= 0.6 is 0 Å². The number of pyridine rings is 2. The molecule has 9 nitrogen and oxygen atoms in total. The van der Waals surface area contributed by atoms with Gasteiger partial charge in [-0.25, -0.2) is 9.78 Å². The molecule has 9 heteroatoms. The number of rotatable bonds is 10. The molecule has 1 aromatic carbocycles. The van der Waals surface area contributed by atoms with Crippen molar-refractivity contribution in [2.75, 3.05) is 41.7 Å². The molecule has 0 spiro atoms. The van der Waals surface area contributed by atoms with Crippen molar-refractivity contribution < 1.29 is 28.5 Å². The fraction of sp³-hybridized carbons (Fsp3) is 0.452. The number of aromatic nitrogens is 2. The Hall–Kier alpha value is -3.85. The topological polar surface area (TPSA) is 98.1 Å². The zero-order valence-electron chi connectivity index (χ0n) is 24.3. The van der Waals surface area contributed by atoms with Crippen LogP contribution < -0.4 is 19.8 Å². The van der Waals surface area contributed by atoms with Crippen LogP contribution in [0.25, 0.3) is 11.4 Å². The molecule has 0 saturated heterocycles. The quantitative estimate of drug-likeness (QED) is 0.261. The zero-order valence-corrected chi connectivity index (χ0v) is 24.3. The Balaban J connectivity index is 2.06. The van der Waals surface area contributed by atoms with Gasteiger partial charge in [-0.3, -0.25) is 4.79 Å². The van der Waals surface area contributed by atoms with Gasteiger partial charge in [-0.15, -0.1) is 0 Å². The summed E-state index contributed by atoms with van der Waals surface area (Å²) in [7, 11) is 5.93. The number of carbonyl (C=O) groups is 1. The van der Waals surface area contributed by atoms with Crippen molar-refractivity contribution >= 4 is 5.97 Å². The van der Waals surface area contributed by atoms with E-state index >= 15 is 0 Å². The minimum absolute atomic E-state index is 0.118. The minimum atomic E-state index is -0.740. The molecule has 1 aliphatic carbocycles. The number of fused-ring (bicyclic) bond motifs is 3. The summed E-state index contributed by atoms with van der Waals surface area (Å²) in [6.45, 7) is 7.65. The van der Waals surface area contributed by atoms with E-state index in [0.717, 1.165) is 16.7 Å². The molecule has 2 aromatic heterocycles.